The minimum atomic E-state index is -0.428. The van der Waals surface area contributed by atoms with Gasteiger partial charge in [-0.05, 0) is 32.0 Å². The van der Waals surface area contributed by atoms with Crippen LogP contribution in [0.5, 0.6) is 0 Å². The molecule has 1 unspecified atom stereocenters. The highest BCUT2D eigenvalue weighted by atomic mass is 32.2. The molecule has 32 heavy (non-hydrogen) atoms. The van der Waals surface area contributed by atoms with E-state index in [1.165, 1.54) is 11.8 Å². The van der Waals surface area contributed by atoms with Crippen LogP contribution in [0.15, 0.2) is 57.7 Å². The molecule has 0 aliphatic carbocycles. The highest BCUT2D eigenvalue weighted by Crippen LogP contribution is 2.44. The zero-order valence-corrected chi connectivity index (χ0v) is 19.8. The Morgan fingerprint density at radius 3 is 2.66 bits per heavy atom. The summed E-state index contributed by atoms with van der Waals surface area (Å²) in [6.45, 7) is 3.64. The Labute approximate surface area is 193 Å². The van der Waals surface area contributed by atoms with Crippen molar-refractivity contribution < 1.29 is 19.1 Å². The highest BCUT2D eigenvalue weighted by Gasteiger charge is 2.41. The van der Waals surface area contributed by atoms with Crippen molar-refractivity contribution in [1.82, 2.24) is 15.1 Å². The van der Waals surface area contributed by atoms with Crippen LogP contribution in [0.2, 0.25) is 0 Å². The van der Waals surface area contributed by atoms with Crippen LogP contribution in [0.4, 0.5) is 0 Å². The van der Waals surface area contributed by atoms with Crippen LogP contribution < -0.4 is 5.32 Å². The molecule has 1 amide bonds. The van der Waals surface area contributed by atoms with Crippen LogP contribution in [-0.2, 0) is 19.1 Å². The molecule has 2 heterocycles. The van der Waals surface area contributed by atoms with Gasteiger partial charge in [0, 0.05) is 25.9 Å². The molecular weight excluding hydrogens is 428 g/mol. The molecule has 1 aromatic carbocycles. The summed E-state index contributed by atoms with van der Waals surface area (Å²) in [5.41, 5.74) is 2.82. The van der Waals surface area contributed by atoms with E-state index >= 15 is 0 Å². The lowest BCUT2D eigenvalue weighted by Gasteiger charge is -2.36. The Morgan fingerprint density at radius 1 is 1.22 bits per heavy atom. The first-order chi connectivity index (χ1) is 15.4. The van der Waals surface area contributed by atoms with Crippen LogP contribution in [0.25, 0.3) is 0 Å². The van der Waals surface area contributed by atoms with Crippen LogP contribution >= 0.6 is 11.8 Å². The van der Waals surface area contributed by atoms with E-state index in [-0.39, 0.29) is 18.9 Å². The molecule has 1 aromatic rings. The van der Waals surface area contributed by atoms with E-state index in [4.69, 9.17) is 9.47 Å². The Kier molecular flexibility index (Phi) is 8.49. The molecule has 1 atom stereocenters. The number of carbonyl (C=O) groups is 2. The molecule has 0 fully saturated rings. The topological polar surface area (TPSA) is 83.5 Å². The normalized spacial score (nSPS) is 17.8. The maximum atomic E-state index is 13.0. The first-order valence-corrected chi connectivity index (χ1v) is 11.4. The number of hydrogen-bond donors (Lipinski definition) is 1. The van der Waals surface area contributed by atoms with Gasteiger partial charge in [-0.1, -0.05) is 42.1 Å². The lowest BCUT2D eigenvalue weighted by atomic mass is 9.94. The number of hydrogen-bond acceptors (Lipinski definition) is 8. The number of nitrogens with zero attached hydrogens (tertiary/aromatic N) is 3. The first kappa shape index (κ1) is 24.0. The van der Waals surface area contributed by atoms with Gasteiger partial charge in [-0.3, -0.25) is 4.79 Å². The molecule has 0 radical (unpaired) electrons. The number of rotatable bonds is 10. The Morgan fingerprint density at radius 2 is 1.97 bits per heavy atom. The number of amidine groups is 1. The second-order valence-electron chi connectivity index (χ2n) is 7.76. The maximum absolute atomic E-state index is 13.0. The number of carbonyl (C=O) groups excluding carboxylic acids is 2. The van der Waals surface area contributed by atoms with Gasteiger partial charge in [-0.25, -0.2) is 9.79 Å². The maximum Gasteiger partial charge on any atom is 0.338 e. The second-order valence-corrected chi connectivity index (χ2v) is 8.60. The molecule has 1 N–H and O–H groups in total. The highest BCUT2D eigenvalue weighted by molar-refractivity contribution is 8.16. The second kappa shape index (κ2) is 11.3. The van der Waals surface area contributed by atoms with Gasteiger partial charge in [0.15, 0.2) is 5.17 Å². The SMILES string of the molecule is COCCOC(=O)C1=C(C)N=C2SC=C(CC(=O)NCCN(C)C)N2C1c1ccccc1. The molecule has 9 heteroatoms. The average Bonchev–Trinajstić information content (AvgIpc) is 3.15. The first-order valence-electron chi connectivity index (χ1n) is 10.5. The monoisotopic (exact) mass is 458 g/mol. The molecule has 172 valence electrons. The fraction of sp³-hybridized carbons (Fsp3) is 0.435. The van der Waals surface area contributed by atoms with Gasteiger partial charge in [-0.2, -0.15) is 0 Å². The van der Waals surface area contributed by atoms with Crippen LogP contribution in [0.1, 0.15) is 24.9 Å². The predicted octanol–water partition coefficient (Wildman–Crippen LogP) is 2.52. The van der Waals surface area contributed by atoms with Crippen molar-refractivity contribution in [3.8, 4) is 0 Å². The summed E-state index contributed by atoms with van der Waals surface area (Å²) in [5, 5.41) is 5.64. The number of benzene rings is 1. The van der Waals surface area contributed by atoms with Crippen LogP contribution in [-0.4, -0.2) is 74.4 Å². The average molecular weight is 459 g/mol. The number of ether oxygens (including phenoxy) is 2. The zero-order valence-electron chi connectivity index (χ0n) is 19.0. The van der Waals surface area contributed by atoms with Gasteiger partial charge >= 0.3 is 5.97 Å². The molecule has 0 aromatic heterocycles. The minimum Gasteiger partial charge on any atom is -0.460 e. The van der Waals surface area contributed by atoms with Gasteiger partial charge in [0.05, 0.1) is 30.3 Å². The largest absolute Gasteiger partial charge is 0.460 e. The number of aliphatic imine (C=N–C) groups is 1. The van der Waals surface area contributed by atoms with Crippen molar-refractivity contribution in [2.24, 2.45) is 4.99 Å². The summed E-state index contributed by atoms with van der Waals surface area (Å²) >= 11 is 1.46. The Balaban J connectivity index is 1.86. The molecule has 0 spiro atoms. The van der Waals surface area contributed by atoms with E-state index in [1.807, 2.05) is 66.6 Å². The molecule has 8 nitrogen and oxygen atoms in total. The third kappa shape index (κ3) is 5.79. The van der Waals surface area contributed by atoms with E-state index in [9.17, 15) is 9.59 Å². The molecular formula is C23H30N4O4S. The number of allylic oxidation sites excluding steroid dienone is 1. The van der Waals surface area contributed by atoms with E-state index in [1.54, 1.807) is 7.11 Å². The van der Waals surface area contributed by atoms with E-state index in [2.05, 4.69) is 10.3 Å². The molecule has 0 saturated carbocycles. The Bertz CT molecular complexity index is 927. The number of esters is 1. The van der Waals surface area contributed by atoms with Crippen LogP contribution in [0.3, 0.4) is 0 Å². The fourth-order valence-electron chi connectivity index (χ4n) is 3.52. The number of likely N-dealkylation sites (N-methyl/N-ethyl adjacent to an activating group) is 1. The van der Waals surface area contributed by atoms with Gasteiger partial charge in [0.1, 0.15) is 6.61 Å². The summed E-state index contributed by atoms with van der Waals surface area (Å²) in [5.74, 6) is -0.495. The molecule has 3 rings (SSSR count). The number of thioether (sulfide) groups is 1. The summed E-state index contributed by atoms with van der Waals surface area (Å²) in [6, 6.07) is 9.33. The quantitative estimate of drug-likeness (QED) is 0.426. The lowest BCUT2D eigenvalue weighted by molar-refractivity contribution is -0.141. The van der Waals surface area contributed by atoms with Crippen molar-refractivity contribution >= 4 is 28.8 Å². The van der Waals surface area contributed by atoms with Crippen molar-refractivity contribution in [1.29, 1.82) is 0 Å². The molecule has 2 aliphatic rings. The molecule has 0 bridgehead atoms. The Hall–Kier alpha value is -2.62. The number of amides is 1. The van der Waals surface area contributed by atoms with Crippen molar-refractivity contribution in [3.63, 3.8) is 0 Å². The fourth-order valence-corrected chi connectivity index (χ4v) is 4.49. The third-order valence-corrected chi connectivity index (χ3v) is 5.97. The summed E-state index contributed by atoms with van der Waals surface area (Å²) in [6.07, 6.45) is 0.202. The van der Waals surface area contributed by atoms with Gasteiger partial charge in [0.25, 0.3) is 0 Å². The van der Waals surface area contributed by atoms with Gasteiger partial charge in [-0.15, -0.1) is 0 Å². The number of methoxy groups -OCH3 is 1. The molecule has 0 saturated heterocycles. The van der Waals surface area contributed by atoms with Gasteiger partial charge < -0.3 is 24.6 Å². The minimum absolute atomic E-state index is 0.0674. The lowest BCUT2D eigenvalue weighted by Crippen LogP contribution is -2.38. The number of nitrogens with one attached hydrogen (secondary N) is 1. The summed E-state index contributed by atoms with van der Waals surface area (Å²) < 4.78 is 10.5. The number of fused-ring (bicyclic) bond motifs is 1. The van der Waals surface area contributed by atoms with Crippen molar-refractivity contribution in [2.75, 3.05) is 47.5 Å². The third-order valence-electron chi connectivity index (χ3n) is 5.08. The van der Waals surface area contributed by atoms with E-state index < -0.39 is 12.0 Å². The van der Waals surface area contributed by atoms with Crippen molar-refractivity contribution in [2.45, 2.75) is 19.4 Å². The van der Waals surface area contributed by atoms with E-state index in [0.29, 0.717) is 24.4 Å². The summed E-state index contributed by atoms with van der Waals surface area (Å²) in [4.78, 5) is 34.3. The van der Waals surface area contributed by atoms with Crippen molar-refractivity contribution in [3.05, 3.63) is 58.3 Å². The molecule has 2 aliphatic heterocycles. The predicted molar refractivity (Wildman–Crippen MR) is 126 cm³/mol. The summed E-state index contributed by atoms with van der Waals surface area (Å²) in [7, 11) is 5.49. The standard InChI is InChI=1S/C23H30N4O4S/c1-16-20(22(29)31-13-12-30-4)21(17-8-6-5-7-9-17)27-18(15-32-23(27)25-16)14-19(28)24-10-11-26(2)3/h5-9,15,21H,10-14H2,1-4H3,(H,24,28). The van der Waals surface area contributed by atoms with E-state index in [0.717, 1.165) is 23.0 Å². The smallest absolute Gasteiger partial charge is 0.338 e. The van der Waals surface area contributed by atoms with Gasteiger partial charge in [0.2, 0.25) is 5.91 Å². The van der Waals surface area contributed by atoms with Crippen LogP contribution in [0, 0.1) is 0 Å². The zero-order chi connectivity index (χ0) is 23.1.